The van der Waals surface area contributed by atoms with E-state index in [1.807, 2.05) is 17.2 Å². The Kier molecular flexibility index (Phi) is 4.33. The SMILES string of the molecule is CN1CCN(C(=O)CCn2cccn2)C(CN)C1. The Morgan fingerprint density at radius 3 is 3.00 bits per heavy atom. The van der Waals surface area contributed by atoms with Crippen LogP contribution in [0.5, 0.6) is 0 Å². The van der Waals surface area contributed by atoms with Gasteiger partial charge in [0.25, 0.3) is 0 Å². The summed E-state index contributed by atoms with van der Waals surface area (Å²) >= 11 is 0. The van der Waals surface area contributed by atoms with Crippen molar-refractivity contribution in [2.45, 2.75) is 19.0 Å². The maximum absolute atomic E-state index is 12.2. The summed E-state index contributed by atoms with van der Waals surface area (Å²) in [6.45, 7) is 3.72. The van der Waals surface area contributed by atoms with Crippen molar-refractivity contribution in [2.24, 2.45) is 5.73 Å². The van der Waals surface area contributed by atoms with E-state index in [2.05, 4.69) is 17.0 Å². The minimum Gasteiger partial charge on any atom is -0.336 e. The fourth-order valence-electron chi connectivity index (χ4n) is 2.33. The minimum absolute atomic E-state index is 0.147. The molecule has 6 nitrogen and oxygen atoms in total. The molecule has 1 aliphatic heterocycles. The number of nitrogens with two attached hydrogens (primary N) is 1. The zero-order valence-electron chi connectivity index (χ0n) is 10.8. The molecule has 2 N–H and O–H groups in total. The van der Waals surface area contributed by atoms with E-state index in [1.54, 1.807) is 10.9 Å². The van der Waals surface area contributed by atoms with E-state index in [4.69, 9.17) is 5.73 Å². The van der Waals surface area contributed by atoms with Gasteiger partial charge in [-0.2, -0.15) is 5.10 Å². The number of amides is 1. The quantitative estimate of drug-likeness (QED) is 0.774. The van der Waals surface area contributed by atoms with Crippen molar-refractivity contribution in [3.8, 4) is 0 Å². The summed E-state index contributed by atoms with van der Waals surface area (Å²) in [6.07, 6.45) is 4.09. The number of hydrogen-bond acceptors (Lipinski definition) is 4. The zero-order valence-corrected chi connectivity index (χ0v) is 10.8. The molecule has 1 aromatic heterocycles. The van der Waals surface area contributed by atoms with Gasteiger partial charge in [-0.05, 0) is 13.1 Å². The standard InChI is InChI=1S/C12H21N5O/c1-15-7-8-17(11(9-13)10-15)12(18)3-6-16-5-2-4-14-16/h2,4-5,11H,3,6-10,13H2,1H3. The lowest BCUT2D eigenvalue weighted by atomic mass is 10.1. The highest BCUT2D eigenvalue weighted by atomic mass is 16.2. The summed E-state index contributed by atoms with van der Waals surface area (Å²) in [5, 5.41) is 4.10. The van der Waals surface area contributed by atoms with Crippen LogP contribution in [0.4, 0.5) is 0 Å². The lowest BCUT2D eigenvalue weighted by molar-refractivity contribution is -0.135. The average Bonchev–Trinajstić information content (AvgIpc) is 2.88. The van der Waals surface area contributed by atoms with E-state index in [0.29, 0.717) is 19.5 Å². The number of rotatable bonds is 4. The summed E-state index contributed by atoms with van der Waals surface area (Å²) in [6, 6.07) is 2.01. The van der Waals surface area contributed by atoms with Gasteiger partial charge < -0.3 is 15.5 Å². The molecular weight excluding hydrogens is 230 g/mol. The Balaban J connectivity index is 1.87. The molecule has 6 heteroatoms. The third-order valence-electron chi connectivity index (χ3n) is 3.39. The minimum atomic E-state index is 0.147. The van der Waals surface area contributed by atoms with Gasteiger partial charge in [-0.25, -0.2) is 0 Å². The summed E-state index contributed by atoms with van der Waals surface area (Å²) < 4.78 is 1.78. The molecule has 100 valence electrons. The van der Waals surface area contributed by atoms with Gasteiger partial charge in [-0.3, -0.25) is 9.48 Å². The van der Waals surface area contributed by atoms with Gasteiger partial charge in [-0.1, -0.05) is 0 Å². The van der Waals surface area contributed by atoms with Crippen molar-refractivity contribution in [2.75, 3.05) is 33.2 Å². The first-order chi connectivity index (χ1) is 8.70. The normalized spacial score (nSPS) is 21.2. The molecule has 1 aliphatic rings. The van der Waals surface area contributed by atoms with Crippen molar-refractivity contribution in [3.05, 3.63) is 18.5 Å². The third kappa shape index (κ3) is 3.08. The van der Waals surface area contributed by atoms with Gasteiger partial charge in [0, 0.05) is 51.5 Å². The van der Waals surface area contributed by atoms with Crippen molar-refractivity contribution in [1.29, 1.82) is 0 Å². The summed E-state index contributed by atoms with van der Waals surface area (Å²) in [4.78, 5) is 16.3. The van der Waals surface area contributed by atoms with Crippen molar-refractivity contribution < 1.29 is 4.79 Å². The van der Waals surface area contributed by atoms with Crippen LogP contribution >= 0.6 is 0 Å². The molecular formula is C12H21N5O. The number of carbonyl (C=O) groups excluding carboxylic acids is 1. The first-order valence-electron chi connectivity index (χ1n) is 6.36. The van der Waals surface area contributed by atoms with Crippen LogP contribution in [0.2, 0.25) is 0 Å². The van der Waals surface area contributed by atoms with Gasteiger partial charge in [0.1, 0.15) is 0 Å². The van der Waals surface area contributed by atoms with Crippen molar-refractivity contribution in [1.82, 2.24) is 19.6 Å². The van der Waals surface area contributed by atoms with Crippen LogP contribution in [0.25, 0.3) is 0 Å². The molecule has 2 heterocycles. The van der Waals surface area contributed by atoms with E-state index in [0.717, 1.165) is 19.6 Å². The molecule has 1 saturated heterocycles. The van der Waals surface area contributed by atoms with Gasteiger partial charge in [0.2, 0.25) is 5.91 Å². The van der Waals surface area contributed by atoms with Crippen LogP contribution < -0.4 is 5.73 Å². The first kappa shape index (κ1) is 13.0. The molecule has 0 spiro atoms. The second-order valence-electron chi connectivity index (χ2n) is 4.76. The van der Waals surface area contributed by atoms with E-state index in [-0.39, 0.29) is 11.9 Å². The predicted molar refractivity (Wildman–Crippen MR) is 68.9 cm³/mol. The lowest BCUT2D eigenvalue weighted by Crippen LogP contribution is -2.56. The molecule has 1 aromatic rings. The summed E-state index contributed by atoms with van der Waals surface area (Å²) in [7, 11) is 2.06. The van der Waals surface area contributed by atoms with Crippen molar-refractivity contribution in [3.63, 3.8) is 0 Å². The molecule has 1 amide bonds. The smallest absolute Gasteiger partial charge is 0.224 e. The zero-order chi connectivity index (χ0) is 13.0. The van der Waals surface area contributed by atoms with Crippen LogP contribution in [0, 0.1) is 0 Å². The van der Waals surface area contributed by atoms with Crippen LogP contribution in [-0.4, -0.2) is 64.8 Å². The number of hydrogen-bond donors (Lipinski definition) is 1. The Morgan fingerprint density at radius 1 is 1.50 bits per heavy atom. The molecule has 0 radical (unpaired) electrons. The number of carbonyl (C=O) groups is 1. The largest absolute Gasteiger partial charge is 0.336 e. The maximum atomic E-state index is 12.2. The van der Waals surface area contributed by atoms with Gasteiger partial charge in [-0.15, -0.1) is 0 Å². The Bertz CT molecular complexity index is 378. The molecule has 0 saturated carbocycles. The molecule has 1 fully saturated rings. The van der Waals surface area contributed by atoms with Crippen LogP contribution in [-0.2, 0) is 11.3 Å². The Hall–Kier alpha value is -1.40. The second kappa shape index (κ2) is 5.97. The highest BCUT2D eigenvalue weighted by molar-refractivity contribution is 5.76. The summed E-state index contributed by atoms with van der Waals surface area (Å²) in [5.74, 6) is 0.175. The maximum Gasteiger partial charge on any atom is 0.224 e. The Morgan fingerprint density at radius 2 is 2.33 bits per heavy atom. The number of piperazine rings is 1. The van der Waals surface area contributed by atoms with Crippen molar-refractivity contribution >= 4 is 5.91 Å². The lowest BCUT2D eigenvalue weighted by Gasteiger charge is -2.39. The molecule has 1 unspecified atom stereocenters. The van der Waals surface area contributed by atoms with Gasteiger partial charge >= 0.3 is 0 Å². The molecule has 0 aromatic carbocycles. The fourth-order valence-corrected chi connectivity index (χ4v) is 2.33. The Labute approximate surface area is 107 Å². The molecule has 0 bridgehead atoms. The van der Waals surface area contributed by atoms with Gasteiger partial charge in [0.05, 0.1) is 6.04 Å². The number of aryl methyl sites for hydroxylation is 1. The van der Waals surface area contributed by atoms with Crippen LogP contribution in [0.15, 0.2) is 18.5 Å². The second-order valence-corrected chi connectivity index (χ2v) is 4.76. The molecule has 0 aliphatic carbocycles. The molecule has 2 rings (SSSR count). The van der Waals surface area contributed by atoms with E-state index < -0.39 is 0 Å². The molecule has 18 heavy (non-hydrogen) atoms. The number of nitrogens with zero attached hydrogens (tertiary/aromatic N) is 4. The fraction of sp³-hybridized carbons (Fsp3) is 0.667. The first-order valence-corrected chi connectivity index (χ1v) is 6.36. The third-order valence-corrected chi connectivity index (χ3v) is 3.39. The predicted octanol–water partition coefficient (Wildman–Crippen LogP) is -0.625. The highest BCUT2D eigenvalue weighted by Gasteiger charge is 2.27. The summed E-state index contributed by atoms with van der Waals surface area (Å²) in [5.41, 5.74) is 5.75. The van der Waals surface area contributed by atoms with Gasteiger partial charge in [0.15, 0.2) is 0 Å². The number of aromatic nitrogens is 2. The van der Waals surface area contributed by atoms with Crippen LogP contribution in [0.3, 0.4) is 0 Å². The topological polar surface area (TPSA) is 67.4 Å². The monoisotopic (exact) mass is 251 g/mol. The molecule has 1 atom stereocenters. The highest BCUT2D eigenvalue weighted by Crippen LogP contribution is 2.09. The van der Waals surface area contributed by atoms with E-state index >= 15 is 0 Å². The van der Waals surface area contributed by atoms with E-state index in [1.165, 1.54) is 0 Å². The van der Waals surface area contributed by atoms with Crippen LogP contribution in [0.1, 0.15) is 6.42 Å². The average molecular weight is 251 g/mol. The number of likely N-dealkylation sites (N-methyl/N-ethyl adjacent to an activating group) is 1. The van der Waals surface area contributed by atoms with E-state index in [9.17, 15) is 4.79 Å².